The van der Waals surface area contributed by atoms with Crippen LogP contribution in [0.1, 0.15) is 23.9 Å². The van der Waals surface area contributed by atoms with Crippen LogP contribution in [-0.4, -0.2) is 53.7 Å². The van der Waals surface area contributed by atoms with Crippen molar-refractivity contribution in [3.63, 3.8) is 0 Å². The van der Waals surface area contributed by atoms with Gasteiger partial charge in [0.2, 0.25) is 18.5 Å². The summed E-state index contributed by atoms with van der Waals surface area (Å²) in [5.74, 6) is 2.41. The van der Waals surface area contributed by atoms with Crippen LogP contribution in [0.4, 0.5) is 5.69 Å². The third-order valence-electron chi connectivity index (χ3n) is 5.58. The smallest absolute Gasteiger partial charge is 0.244 e. The summed E-state index contributed by atoms with van der Waals surface area (Å²) in [7, 11) is 4.05. The molecule has 2 unspecified atom stereocenters. The van der Waals surface area contributed by atoms with Crippen molar-refractivity contribution >= 4 is 5.69 Å². The van der Waals surface area contributed by atoms with Gasteiger partial charge >= 0.3 is 0 Å². The summed E-state index contributed by atoms with van der Waals surface area (Å²) in [4.78, 5) is 8.88. The highest BCUT2D eigenvalue weighted by molar-refractivity contribution is 5.61. The van der Waals surface area contributed by atoms with Gasteiger partial charge in [0.25, 0.3) is 0 Å². The Morgan fingerprint density at radius 1 is 1.10 bits per heavy atom. The third kappa shape index (κ3) is 3.59. The maximum atomic E-state index is 10.3. The number of ether oxygens (including phenoxy) is 2. The lowest BCUT2D eigenvalue weighted by Gasteiger charge is -2.21. The van der Waals surface area contributed by atoms with Crippen LogP contribution in [0.25, 0.3) is 11.4 Å². The highest BCUT2D eigenvalue weighted by Gasteiger charge is 2.36. The number of anilines is 1. The quantitative estimate of drug-likeness (QED) is 0.690. The van der Waals surface area contributed by atoms with E-state index in [2.05, 4.69) is 44.2 Å². The molecule has 1 saturated heterocycles. The Labute approximate surface area is 174 Å². The normalized spacial score (nSPS) is 20.6. The molecule has 3 aromatic rings. The standard InChI is InChI=1S/C22H24N4O4/c1-25(2)16-6-3-14(4-7-16)11-26-12-17(27)10-18(26)22-23-21(24-30-22)15-5-8-19-20(9-15)29-13-28-19/h3-9,17-18,27H,10-13H2,1-2H3. The first kappa shape index (κ1) is 18.9. The van der Waals surface area contributed by atoms with Gasteiger partial charge in [-0.05, 0) is 42.3 Å². The molecule has 1 N–H and O–H groups in total. The Morgan fingerprint density at radius 3 is 2.70 bits per heavy atom. The van der Waals surface area contributed by atoms with Crippen LogP contribution in [0.5, 0.6) is 11.5 Å². The zero-order valence-corrected chi connectivity index (χ0v) is 17.0. The van der Waals surface area contributed by atoms with Gasteiger partial charge in [-0.2, -0.15) is 4.98 Å². The van der Waals surface area contributed by atoms with E-state index in [9.17, 15) is 5.11 Å². The van der Waals surface area contributed by atoms with E-state index in [1.54, 1.807) is 0 Å². The van der Waals surface area contributed by atoms with Crippen LogP contribution in [0.3, 0.4) is 0 Å². The van der Waals surface area contributed by atoms with E-state index in [0.717, 1.165) is 11.3 Å². The second-order valence-electron chi connectivity index (χ2n) is 7.92. The van der Waals surface area contributed by atoms with Gasteiger partial charge in [-0.3, -0.25) is 4.90 Å². The van der Waals surface area contributed by atoms with Gasteiger partial charge in [0.1, 0.15) is 0 Å². The number of β-amino-alcohol motifs (C(OH)–C–C–N with tert-alkyl or cyclic N) is 1. The number of rotatable bonds is 5. The van der Waals surface area contributed by atoms with Crippen molar-refractivity contribution in [3.05, 3.63) is 53.9 Å². The SMILES string of the molecule is CN(C)c1ccc(CN2CC(O)CC2c2nc(-c3ccc4c(c3)OCO4)no2)cc1. The molecule has 156 valence electrons. The Balaban J connectivity index is 1.35. The van der Waals surface area contributed by atoms with E-state index in [1.165, 1.54) is 5.56 Å². The fourth-order valence-electron chi connectivity index (χ4n) is 3.97. The summed E-state index contributed by atoms with van der Waals surface area (Å²) in [5.41, 5.74) is 3.14. The highest BCUT2D eigenvalue weighted by Crippen LogP contribution is 2.37. The van der Waals surface area contributed by atoms with Gasteiger partial charge in [-0.15, -0.1) is 0 Å². The van der Waals surface area contributed by atoms with Gasteiger partial charge in [0.15, 0.2) is 11.5 Å². The number of fused-ring (bicyclic) bond motifs is 1. The van der Waals surface area contributed by atoms with Crippen LogP contribution < -0.4 is 14.4 Å². The molecule has 8 heteroatoms. The molecule has 30 heavy (non-hydrogen) atoms. The van der Waals surface area contributed by atoms with Crippen molar-refractivity contribution in [1.82, 2.24) is 15.0 Å². The first-order valence-electron chi connectivity index (χ1n) is 9.99. The first-order valence-corrected chi connectivity index (χ1v) is 9.99. The molecule has 1 fully saturated rings. The largest absolute Gasteiger partial charge is 0.454 e. The van der Waals surface area contributed by atoms with Crippen molar-refractivity contribution < 1.29 is 19.1 Å². The molecule has 8 nitrogen and oxygen atoms in total. The van der Waals surface area contributed by atoms with Gasteiger partial charge in [0.05, 0.1) is 12.1 Å². The Hall–Kier alpha value is -3.10. The van der Waals surface area contributed by atoms with Crippen molar-refractivity contribution in [2.45, 2.75) is 25.1 Å². The minimum atomic E-state index is -0.419. The average molecular weight is 408 g/mol. The molecule has 2 aliphatic heterocycles. The molecular formula is C22H24N4O4. The Morgan fingerprint density at radius 2 is 1.90 bits per heavy atom. The third-order valence-corrected chi connectivity index (χ3v) is 5.58. The zero-order valence-electron chi connectivity index (χ0n) is 17.0. The second-order valence-corrected chi connectivity index (χ2v) is 7.92. The van der Waals surface area contributed by atoms with Crippen LogP contribution in [-0.2, 0) is 6.54 Å². The van der Waals surface area contributed by atoms with E-state index in [4.69, 9.17) is 14.0 Å². The predicted octanol–water partition coefficient (Wildman–Crippen LogP) is 2.84. The molecule has 1 aromatic heterocycles. The average Bonchev–Trinajstić information content (AvgIpc) is 3.47. The van der Waals surface area contributed by atoms with Crippen molar-refractivity contribution in [2.75, 3.05) is 32.3 Å². The molecule has 0 aliphatic carbocycles. The van der Waals surface area contributed by atoms with Crippen LogP contribution in [0, 0.1) is 0 Å². The van der Waals surface area contributed by atoms with Gasteiger partial charge < -0.3 is 24.0 Å². The molecule has 2 aromatic carbocycles. The van der Waals surface area contributed by atoms with Crippen LogP contribution >= 0.6 is 0 Å². The number of aromatic nitrogens is 2. The van der Waals surface area contributed by atoms with E-state index >= 15 is 0 Å². The van der Waals surface area contributed by atoms with Crippen LogP contribution in [0.2, 0.25) is 0 Å². The fraction of sp³-hybridized carbons (Fsp3) is 0.364. The summed E-state index contributed by atoms with van der Waals surface area (Å²) in [6.07, 6.45) is 0.149. The molecule has 2 atom stereocenters. The molecular weight excluding hydrogens is 384 g/mol. The van der Waals surface area contributed by atoms with Crippen molar-refractivity contribution in [2.24, 2.45) is 0 Å². The summed E-state index contributed by atoms with van der Waals surface area (Å²) in [6, 6.07) is 13.9. The van der Waals surface area contributed by atoms with Gasteiger partial charge in [0, 0.05) is 38.4 Å². The number of hydrogen-bond donors (Lipinski definition) is 1. The second kappa shape index (κ2) is 7.62. The maximum Gasteiger partial charge on any atom is 0.244 e. The number of likely N-dealkylation sites (tertiary alicyclic amines) is 1. The molecule has 0 amide bonds. The number of aliphatic hydroxyl groups excluding tert-OH is 1. The molecule has 2 aliphatic rings. The summed E-state index contributed by atoms with van der Waals surface area (Å²) in [5, 5.41) is 14.4. The molecule has 3 heterocycles. The van der Waals surface area contributed by atoms with E-state index in [-0.39, 0.29) is 12.8 Å². The number of hydrogen-bond acceptors (Lipinski definition) is 8. The number of nitrogens with zero attached hydrogens (tertiary/aromatic N) is 4. The summed E-state index contributed by atoms with van der Waals surface area (Å²) >= 11 is 0. The topological polar surface area (TPSA) is 84.1 Å². The van der Waals surface area contributed by atoms with Crippen molar-refractivity contribution in [1.29, 1.82) is 0 Å². The molecule has 0 spiro atoms. The van der Waals surface area contributed by atoms with Crippen LogP contribution in [0.15, 0.2) is 47.0 Å². The lowest BCUT2D eigenvalue weighted by molar-refractivity contribution is 0.169. The lowest BCUT2D eigenvalue weighted by Crippen LogP contribution is -2.24. The molecule has 0 radical (unpaired) electrons. The van der Waals surface area contributed by atoms with E-state index in [0.29, 0.717) is 42.7 Å². The van der Waals surface area contributed by atoms with E-state index in [1.807, 2.05) is 32.3 Å². The molecule has 5 rings (SSSR count). The fourth-order valence-corrected chi connectivity index (χ4v) is 3.97. The first-order chi connectivity index (χ1) is 14.6. The number of benzene rings is 2. The Kier molecular flexibility index (Phi) is 4.80. The Bertz CT molecular complexity index is 1030. The summed E-state index contributed by atoms with van der Waals surface area (Å²) in [6.45, 7) is 1.50. The van der Waals surface area contributed by atoms with E-state index < -0.39 is 6.10 Å². The zero-order chi connectivity index (χ0) is 20.7. The van der Waals surface area contributed by atoms with Crippen molar-refractivity contribution in [3.8, 4) is 22.9 Å². The molecule has 0 saturated carbocycles. The molecule has 0 bridgehead atoms. The maximum absolute atomic E-state index is 10.3. The highest BCUT2D eigenvalue weighted by atomic mass is 16.7. The lowest BCUT2D eigenvalue weighted by atomic mass is 10.1. The minimum absolute atomic E-state index is 0.121. The van der Waals surface area contributed by atoms with Gasteiger partial charge in [-0.25, -0.2) is 0 Å². The monoisotopic (exact) mass is 408 g/mol. The minimum Gasteiger partial charge on any atom is -0.454 e. The predicted molar refractivity (Wildman–Crippen MR) is 110 cm³/mol. The number of aliphatic hydroxyl groups is 1. The summed E-state index contributed by atoms with van der Waals surface area (Å²) < 4.78 is 16.4. The van der Waals surface area contributed by atoms with Gasteiger partial charge in [-0.1, -0.05) is 17.3 Å².